The van der Waals surface area contributed by atoms with Gasteiger partial charge in [-0.2, -0.15) is 0 Å². The van der Waals surface area contributed by atoms with Crippen LogP contribution in [0.2, 0.25) is 0 Å². The lowest BCUT2D eigenvalue weighted by Crippen LogP contribution is -2.42. The lowest BCUT2D eigenvalue weighted by atomic mass is 9.97. The van der Waals surface area contributed by atoms with Crippen molar-refractivity contribution in [2.24, 2.45) is 0 Å². The summed E-state index contributed by atoms with van der Waals surface area (Å²) in [5, 5.41) is 12.9. The molecule has 0 fully saturated rings. The number of aliphatic hydroxyl groups is 1. The van der Waals surface area contributed by atoms with Crippen molar-refractivity contribution in [3.05, 3.63) is 24.0 Å². The minimum atomic E-state index is -0.798. The molecule has 5 nitrogen and oxygen atoms in total. The van der Waals surface area contributed by atoms with Crippen LogP contribution in [0, 0.1) is 0 Å². The van der Waals surface area contributed by atoms with E-state index in [9.17, 15) is 9.90 Å². The van der Waals surface area contributed by atoms with E-state index in [2.05, 4.69) is 10.3 Å². The van der Waals surface area contributed by atoms with Crippen molar-refractivity contribution < 1.29 is 14.6 Å². The molecule has 0 radical (unpaired) electrons. The monoisotopic (exact) mass is 280 g/mol. The highest BCUT2D eigenvalue weighted by Gasteiger charge is 2.22. The van der Waals surface area contributed by atoms with E-state index in [0.717, 1.165) is 5.56 Å². The molecule has 0 aliphatic heterocycles. The number of hydrogen-bond acceptors (Lipinski definition) is 4. The van der Waals surface area contributed by atoms with Crippen molar-refractivity contribution in [2.75, 3.05) is 13.7 Å². The number of nitrogens with zero attached hydrogens (tertiary/aromatic N) is 1. The number of nitrogens with one attached hydrogen (secondary N) is 1. The zero-order valence-corrected chi connectivity index (χ0v) is 12.5. The molecule has 0 atom stereocenters. The molecule has 1 rings (SSSR count). The van der Waals surface area contributed by atoms with Crippen LogP contribution >= 0.6 is 0 Å². The Labute approximate surface area is 120 Å². The number of ether oxygens (including phenoxy) is 1. The largest absolute Gasteiger partial charge is 0.495 e. The van der Waals surface area contributed by atoms with E-state index in [1.807, 2.05) is 19.9 Å². The van der Waals surface area contributed by atoms with Gasteiger partial charge in [-0.05, 0) is 30.9 Å². The number of rotatable bonds is 8. The summed E-state index contributed by atoms with van der Waals surface area (Å²) in [7, 11) is 1.59. The molecule has 1 aromatic rings. The van der Waals surface area contributed by atoms with Crippen molar-refractivity contribution in [1.82, 2.24) is 10.3 Å². The van der Waals surface area contributed by atoms with Crippen LogP contribution in [0.1, 0.15) is 38.7 Å². The first kappa shape index (κ1) is 16.4. The van der Waals surface area contributed by atoms with Gasteiger partial charge in [-0.25, -0.2) is 0 Å². The van der Waals surface area contributed by atoms with Gasteiger partial charge in [0.2, 0.25) is 5.91 Å². The Morgan fingerprint density at radius 3 is 2.70 bits per heavy atom. The summed E-state index contributed by atoms with van der Waals surface area (Å²) in [4.78, 5) is 15.8. The second-order valence-corrected chi connectivity index (χ2v) is 4.94. The van der Waals surface area contributed by atoms with Crippen LogP contribution in [-0.4, -0.2) is 35.3 Å². The third kappa shape index (κ3) is 5.17. The average Bonchev–Trinajstić information content (AvgIpc) is 2.50. The Morgan fingerprint density at radius 1 is 1.40 bits per heavy atom. The van der Waals surface area contributed by atoms with Crippen LogP contribution in [0.15, 0.2) is 18.5 Å². The van der Waals surface area contributed by atoms with Gasteiger partial charge in [0.25, 0.3) is 0 Å². The summed E-state index contributed by atoms with van der Waals surface area (Å²) in [5.74, 6) is 0.627. The van der Waals surface area contributed by atoms with Crippen molar-refractivity contribution in [3.63, 3.8) is 0 Å². The molecule has 0 saturated carbocycles. The third-order valence-corrected chi connectivity index (χ3v) is 3.58. The number of methoxy groups -OCH3 is 1. The van der Waals surface area contributed by atoms with Crippen molar-refractivity contribution in [3.8, 4) is 5.75 Å². The first-order chi connectivity index (χ1) is 9.53. The summed E-state index contributed by atoms with van der Waals surface area (Å²) >= 11 is 0. The van der Waals surface area contributed by atoms with Crippen LogP contribution < -0.4 is 10.1 Å². The molecule has 0 aliphatic carbocycles. The molecule has 0 bridgehead atoms. The van der Waals surface area contributed by atoms with Crippen molar-refractivity contribution in [2.45, 2.75) is 45.1 Å². The summed E-state index contributed by atoms with van der Waals surface area (Å²) in [5.41, 5.74) is 0.161. The lowest BCUT2D eigenvalue weighted by molar-refractivity contribution is -0.122. The van der Waals surface area contributed by atoms with Crippen molar-refractivity contribution in [1.29, 1.82) is 0 Å². The summed E-state index contributed by atoms with van der Waals surface area (Å²) in [6, 6.07) is 1.87. The lowest BCUT2D eigenvalue weighted by Gasteiger charge is -2.25. The maximum Gasteiger partial charge on any atom is 0.220 e. The third-order valence-electron chi connectivity index (χ3n) is 3.58. The molecule has 1 heterocycles. The molecule has 0 saturated heterocycles. The molecule has 0 unspecified atom stereocenters. The van der Waals surface area contributed by atoms with E-state index >= 15 is 0 Å². The van der Waals surface area contributed by atoms with Gasteiger partial charge in [0.05, 0.1) is 18.9 Å². The molecule has 1 amide bonds. The summed E-state index contributed by atoms with van der Waals surface area (Å²) in [6.45, 7) is 4.13. The second kappa shape index (κ2) is 7.85. The maximum absolute atomic E-state index is 11.8. The predicted molar refractivity (Wildman–Crippen MR) is 77.7 cm³/mol. The molecule has 5 heteroatoms. The fourth-order valence-corrected chi connectivity index (χ4v) is 1.82. The number of amides is 1. The predicted octanol–water partition coefficient (Wildman–Crippen LogP) is 1.69. The van der Waals surface area contributed by atoms with Crippen LogP contribution in [0.25, 0.3) is 0 Å². The SMILES string of the molecule is CCC(O)(CC)CNC(=O)CCc1cncc(OC)c1. The number of aryl methyl sites for hydroxylation is 1. The Hall–Kier alpha value is -1.62. The standard InChI is InChI=1S/C15H24N2O3/c1-4-15(19,5-2)11-17-14(18)7-6-12-8-13(20-3)10-16-9-12/h8-10,19H,4-7,11H2,1-3H3,(H,17,18). The Balaban J connectivity index is 2.39. The quantitative estimate of drug-likeness (QED) is 0.760. The summed E-state index contributed by atoms with van der Waals surface area (Å²) in [6.07, 6.45) is 5.59. The van der Waals surface area contributed by atoms with E-state index in [0.29, 0.717) is 38.0 Å². The van der Waals surface area contributed by atoms with E-state index in [1.165, 1.54) is 0 Å². The van der Waals surface area contributed by atoms with Crippen LogP contribution in [-0.2, 0) is 11.2 Å². The number of carbonyl (C=O) groups excluding carboxylic acids is 1. The zero-order chi connectivity index (χ0) is 15.0. The Bertz CT molecular complexity index is 431. The van der Waals surface area contributed by atoms with E-state index < -0.39 is 5.60 Å². The normalized spacial score (nSPS) is 11.2. The second-order valence-electron chi connectivity index (χ2n) is 4.94. The number of carbonyl (C=O) groups is 1. The fraction of sp³-hybridized carbons (Fsp3) is 0.600. The van der Waals surface area contributed by atoms with Gasteiger partial charge in [0.1, 0.15) is 5.75 Å². The van der Waals surface area contributed by atoms with E-state index in [-0.39, 0.29) is 5.91 Å². The summed E-state index contributed by atoms with van der Waals surface area (Å²) < 4.78 is 5.09. The highest BCUT2D eigenvalue weighted by Crippen LogP contribution is 2.14. The minimum Gasteiger partial charge on any atom is -0.495 e. The molecule has 0 spiro atoms. The molecule has 0 aliphatic rings. The molecule has 1 aromatic heterocycles. The van der Waals surface area contributed by atoms with Gasteiger partial charge in [-0.15, -0.1) is 0 Å². The Kier molecular flexibility index (Phi) is 6.45. The average molecular weight is 280 g/mol. The van der Waals surface area contributed by atoms with Crippen LogP contribution in [0.3, 0.4) is 0 Å². The minimum absolute atomic E-state index is 0.0619. The topological polar surface area (TPSA) is 71.5 Å². The van der Waals surface area contributed by atoms with Crippen molar-refractivity contribution >= 4 is 5.91 Å². The molecular formula is C15H24N2O3. The zero-order valence-electron chi connectivity index (χ0n) is 12.5. The van der Waals surface area contributed by atoms with Crippen LogP contribution in [0.4, 0.5) is 0 Å². The smallest absolute Gasteiger partial charge is 0.220 e. The number of pyridine rings is 1. The number of hydrogen-bond donors (Lipinski definition) is 2. The van der Waals surface area contributed by atoms with Gasteiger partial charge < -0.3 is 15.2 Å². The first-order valence-electron chi connectivity index (χ1n) is 7.00. The molecule has 112 valence electrons. The van der Waals surface area contributed by atoms with Gasteiger partial charge in [-0.3, -0.25) is 9.78 Å². The fourth-order valence-electron chi connectivity index (χ4n) is 1.82. The van der Waals surface area contributed by atoms with Gasteiger partial charge >= 0.3 is 0 Å². The van der Waals surface area contributed by atoms with E-state index in [1.54, 1.807) is 19.5 Å². The highest BCUT2D eigenvalue weighted by molar-refractivity contribution is 5.76. The van der Waals surface area contributed by atoms with Crippen LogP contribution in [0.5, 0.6) is 5.75 Å². The maximum atomic E-state index is 11.8. The first-order valence-corrected chi connectivity index (χ1v) is 7.00. The van der Waals surface area contributed by atoms with E-state index in [4.69, 9.17) is 4.74 Å². The molecular weight excluding hydrogens is 256 g/mol. The van der Waals surface area contributed by atoms with Gasteiger partial charge in [0.15, 0.2) is 0 Å². The van der Waals surface area contributed by atoms with Gasteiger partial charge in [-0.1, -0.05) is 13.8 Å². The van der Waals surface area contributed by atoms with Gasteiger partial charge in [0, 0.05) is 19.2 Å². The Morgan fingerprint density at radius 2 is 2.10 bits per heavy atom. The number of aromatic nitrogens is 1. The molecule has 20 heavy (non-hydrogen) atoms. The molecule has 0 aromatic carbocycles. The molecule has 2 N–H and O–H groups in total. The highest BCUT2D eigenvalue weighted by atomic mass is 16.5.